The van der Waals surface area contributed by atoms with Gasteiger partial charge in [0.25, 0.3) is 0 Å². The van der Waals surface area contributed by atoms with Crippen molar-refractivity contribution in [3.63, 3.8) is 0 Å². The van der Waals surface area contributed by atoms with E-state index in [1.54, 1.807) is 12.3 Å². The quantitative estimate of drug-likeness (QED) is 0.791. The number of ether oxygens (including phenoxy) is 2. The van der Waals surface area contributed by atoms with Gasteiger partial charge >= 0.3 is 6.01 Å². The summed E-state index contributed by atoms with van der Waals surface area (Å²) in [6, 6.07) is 2.05. The molecule has 1 amide bonds. The van der Waals surface area contributed by atoms with Gasteiger partial charge in [0.15, 0.2) is 0 Å². The summed E-state index contributed by atoms with van der Waals surface area (Å²) in [6.07, 6.45) is 10.1. The molecule has 1 aromatic rings. The van der Waals surface area contributed by atoms with Crippen molar-refractivity contribution < 1.29 is 14.3 Å². The second-order valence-corrected chi connectivity index (χ2v) is 6.91. The standard InChI is InChI=1S/C18H23N3O3/c1-23-18-19-7-4-16(20-18)24-14-5-8-21(9-6-14)17(22)15-11-12-2-3-13(15)10-12/h2-4,7,12-15H,5-6,8-11H2,1H3. The zero-order valence-corrected chi connectivity index (χ0v) is 13.9. The zero-order chi connectivity index (χ0) is 16.5. The molecule has 0 N–H and O–H groups in total. The number of rotatable bonds is 4. The number of amides is 1. The first-order valence-electron chi connectivity index (χ1n) is 8.73. The van der Waals surface area contributed by atoms with E-state index in [1.807, 2.05) is 4.90 Å². The highest BCUT2D eigenvalue weighted by molar-refractivity contribution is 5.80. The van der Waals surface area contributed by atoms with Crippen molar-refractivity contribution in [2.75, 3.05) is 20.2 Å². The molecule has 3 atom stereocenters. The molecule has 1 aromatic heterocycles. The van der Waals surface area contributed by atoms with Gasteiger partial charge in [0.05, 0.1) is 7.11 Å². The first-order valence-corrected chi connectivity index (χ1v) is 8.73. The molecule has 0 radical (unpaired) electrons. The van der Waals surface area contributed by atoms with Crippen LogP contribution in [0.5, 0.6) is 11.9 Å². The van der Waals surface area contributed by atoms with Crippen LogP contribution in [0.3, 0.4) is 0 Å². The Morgan fingerprint density at radius 3 is 2.75 bits per heavy atom. The molecule has 2 aliphatic carbocycles. The van der Waals surface area contributed by atoms with Crippen LogP contribution in [0.15, 0.2) is 24.4 Å². The number of methoxy groups -OCH3 is 1. The van der Waals surface area contributed by atoms with Crippen LogP contribution in [0, 0.1) is 17.8 Å². The van der Waals surface area contributed by atoms with Gasteiger partial charge in [-0.25, -0.2) is 4.98 Å². The second kappa shape index (κ2) is 6.42. The van der Waals surface area contributed by atoms with Gasteiger partial charge in [-0.1, -0.05) is 12.2 Å². The number of aromatic nitrogens is 2. The van der Waals surface area contributed by atoms with Crippen LogP contribution < -0.4 is 9.47 Å². The Balaban J connectivity index is 1.30. The first-order chi connectivity index (χ1) is 11.7. The summed E-state index contributed by atoms with van der Waals surface area (Å²) in [6.45, 7) is 1.53. The molecule has 6 nitrogen and oxygen atoms in total. The van der Waals surface area contributed by atoms with E-state index >= 15 is 0 Å². The molecule has 1 saturated carbocycles. The highest BCUT2D eigenvalue weighted by atomic mass is 16.5. The van der Waals surface area contributed by atoms with Crippen molar-refractivity contribution in [2.45, 2.75) is 31.8 Å². The fraction of sp³-hybridized carbons (Fsp3) is 0.611. The van der Waals surface area contributed by atoms with E-state index in [0.29, 0.717) is 29.6 Å². The summed E-state index contributed by atoms with van der Waals surface area (Å²) in [5, 5.41) is 0. The predicted octanol–water partition coefficient (Wildman–Crippen LogP) is 2.07. The molecule has 3 aliphatic rings. The number of likely N-dealkylation sites (tertiary alicyclic amines) is 1. The molecule has 1 aliphatic heterocycles. The van der Waals surface area contributed by atoms with Gasteiger partial charge in [-0.2, -0.15) is 4.98 Å². The number of carbonyl (C=O) groups is 1. The van der Waals surface area contributed by atoms with E-state index in [-0.39, 0.29) is 12.0 Å². The Morgan fingerprint density at radius 1 is 1.25 bits per heavy atom. The van der Waals surface area contributed by atoms with Gasteiger partial charge in [0.2, 0.25) is 11.8 Å². The van der Waals surface area contributed by atoms with Crippen molar-refractivity contribution in [1.29, 1.82) is 0 Å². The Bertz CT molecular complexity index is 640. The maximum absolute atomic E-state index is 12.8. The number of hydrogen-bond acceptors (Lipinski definition) is 5. The normalized spacial score (nSPS) is 29.0. The van der Waals surface area contributed by atoms with Crippen LogP contribution in [0.1, 0.15) is 25.7 Å². The lowest BCUT2D eigenvalue weighted by atomic mass is 9.91. The van der Waals surface area contributed by atoms with Crippen molar-refractivity contribution in [3.05, 3.63) is 24.4 Å². The minimum atomic E-state index is 0.0913. The molecule has 6 heteroatoms. The van der Waals surface area contributed by atoms with Crippen molar-refractivity contribution in [2.24, 2.45) is 17.8 Å². The molecular formula is C18H23N3O3. The summed E-state index contributed by atoms with van der Waals surface area (Å²) >= 11 is 0. The van der Waals surface area contributed by atoms with E-state index in [2.05, 4.69) is 22.1 Å². The Kier molecular flexibility index (Phi) is 4.12. The van der Waals surface area contributed by atoms with E-state index in [0.717, 1.165) is 32.4 Å². The number of allylic oxidation sites excluding steroid dienone is 2. The molecular weight excluding hydrogens is 306 g/mol. The van der Waals surface area contributed by atoms with Crippen LogP contribution in [0.4, 0.5) is 0 Å². The van der Waals surface area contributed by atoms with E-state index in [4.69, 9.17) is 9.47 Å². The largest absolute Gasteiger partial charge is 0.474 e. The molecule has 128 valence electrons. The highest BCUT2D eigenvalue weighted by Gasteiger charge is 2.42. The smallest absolute Gasteiger partial charge is 0.319 e. The predicted molar refractivity (Wildman–Crippen MR) is 87.7 cm³/mol. The van der Waals surface area contributed by atoms with Crippen molar-refractivity contribution in [1.82, 2.24) is 14.9 Å². The number of hydrogen-bond donors (Lipinski definition) is 0. The number of piperidine rings is 1. The molecule has 0 aromatic carbocycles. The monoisotopic (exact) mass is 329 g/mol. The van der Waals surface area contributed by atoms with Gasteiger partial charge in [0.1, 0.15) is 6.10 Å². The average Bonchev–Trinajstić information content (AvgIpc) is 3.25. The van der Waals surface area contributed by atoms with Crippen LogP contribution >= 0.6 is 0 Å². The Morgan fingerprint density at radius 2 is 2.08 bits per heavy atom. The number of carbonyl (C=O) groups excluding carboxylic acids is 1. The third kappa shape index (κ3) is 2.97. The first kappa shape index (κ1) is 15.4. The summed E-state index contributed by atoms with van der Waals surface area (Å²) in [5.41, 5.74) is 0. The van der Waals surface area contributed by atoms with Crippen molar-refractivity contribution >= 4 is 5.91 Å². The minimum absolute atomic E-state index is 0.0913. The molecule has 4 rings (SSSR count). The lowest BCUT2D eigenvalue weighted by molar-refractivity contribution is -0.138. The lowest BCUT2D eigenvalue weighted by Crippen LogP contribution is -2.45. The van der Waals surface area contributed by atoms with E-state index in [9.17, 15) is 4.79 Å². The summed E-state index contributed by atoms with van der Waals surface area (Å²) < 4.78 is 10.9. The van der Waals surface area contributed by atoms with Gasteiger partial charge < -0.3 is 14.4 Å². The average molecular weight is 329 g/mol. The van der Waals surface area contributed by atoms with Gasteiger partial charge in [0, 0.05) is 44.1 Å². The molecule has 2 bridgehead atoms. The topological polar surface area (TPSA) is 64.6 Å². The summed E-state index contributed by atoms with van der Waals surface area (Å²) in [4.78, 5) is 22.9. The van der Waals surface area contributed by atoms with Crippen molar-refractivity contribution in [3.8, 4) is 11.9 Å². The van der Waals surface area contributed by atoms with Crippen LogP contribution in [0.25, 0.3) is 0 Å². The van der Waals surface area contributed by atoms with Gasteiger partial charge in [-0.15, -0.1) is 0 Å². The third-order valence-corrected chi connectivity index (χ3v) is 5.43. The van der Waals surface area contributed by atoms with Crippen LogP contribution in [0.2, 0.25) is 0 Å². The molecule has 0 spiro atoms. The maximum Gasteiger partial charge on any atom is 0.319 e. The highest BCUT2D eigenvalue weighted by Crippen LogP contribution is 2.44. The molecule has 3 unspecified atom stereocenters. The fourth-order valence-corrected chi connectivity index (χ4v) is 4.15. The summed E-state index contributed by atoms with van der Waals surface area (Å²) in [5.74, 6) is 2.20. The Hall–Kier alpha value is -2.11. The fourth-order valence-electron chi connectivity index (χ4n) is 4.15. The molecule has 1 saturated heterocycles. The van der Waals surface area contributed by atoms with Crippen LogP contribution in [-0.4, -0.2) is 47.1 Å². The second-order valence-electron chi connectivity index (χ2n) is 6.91. The molecule has 2 fully saturated rings. The zero-order valence-electron chi connectivity index (χ0n) is 13.9. The third-order valence-electron chi connectivity index (χ3n) is 5.43. The summed E-state index contributed by atoms with van der Waals surface area (Å²) in [7, 11) is 1.54. The molecule has 24 heavy (non-hydrogen) atoms. The Labute approximate surface area is 141 Å². The van der Waals surface area contributed by atoms with Crippen LogP contribution in [-0.2, 0) is 4.79 Å². The number of fused-ring (bicyclic) bond motifs is 2. The van der Waals surface area contributed by atoms with Gasteiger partial charge in [-0.3, -0.25) is 4.79 Å². The molecule has 2 heterocycles. The number of nitrogens with zero attached hydrogens (tertiary/aromatic N) is 3. The van der Waals surface area contributed by atoms with E-state index in [1.165, 1.54) is 13.5 Å². The van der Waals surface area contributed by atoms with Gasteiger partial charge in [-0.05, 0) is 24.7 Å². The lowest BCUT2D eigenvalue weighted by Gasteiger charge is -2.34. The van der Waals surface area contributed by atoms with E-state index < -0.39 is 0 Å². The SMILES string of the molecule is COc1nccc(OC2CCN(C(=O)C3CC4C=CC3C4)CC2)n1. The maximum atomic E-state index is 12.8. The minimum Gasteiger partial charge on any atom is -0.474 e.